The van der Waals surface area contributed by atoms with Crippen molar-refractivity contribution in [2.45, 2.75) is 13.8 Å². The van der Waals surface area contributed by atoms with Crippen molar-refractivity contribution in [3.8, 4) is 11.5 Å². The first kappa shape index (κ1) is 16.6. The molecule has 0 fully saturated rings. The fraction of sp³-hybridized carbons (Fsp3) is 0.211. The predicted molar refractivity (Wildman–Crippen MR) is 92.2 cm³/mol. The molecule has 0 radical (unpaired) electrons. The second-order valence-corrected chi connectivity index (χ2v) is 5.23. The number of aryl methyl sites for hydroxylation is 2. The fourth-order valence-electron chi connectivity index (χ4n) is 2.02. The van der Waals surface area contributed by atoms with Crippen molar-refractivity contribution in [2.24, 2.45) is 0 Å². The lowest BCUT2D eigenvalue weighted by molar-refractivity contribution is -0.118. The maximum absolute atomic E-state index is 12.0. The summed E-state index contributed by atoms with van der Waals surface area (Å²) in [5.74, 6) is 1.19. The van der Waals surface area contributed by atoms with Crippen molar-refractivity contribution in [3.63, 3.8) is 0 Å². The van der Waals surface area contributed by atoms with Crippen LogP contribution in [0.3, 0.4) is 0 Å². The molecule has 4 nitrogen and oxygen atoms in total. The minimum absolute atomic E-state index is 0.0396. The summed E-state index contributed by atoms with van der Waals surface area (Å²) >= 11 is 0. The maximum Gasteiger partial charge on any atom is 0.262 e. The summed E-state index contributed by atoms with van der Waals surface area (Å²) in [6.45, 7) is 7.92. The first-order valence-electron chi connectivity index (χ1n) is 7.42. The molecule has 0 aliphatic heterocycles. The van der Waals surface area contributed by atoms with Gasteiger partial charge in [-0.25, -0.2) is 0 Å². The Kier molecular flexibility index (Phi) is 5.80. The Morgan fingerprint density at radius 3 is 2.78 bits per heavy atom. The van der Waals surface area contributed by atoms with E-state index in [1.165, 1.54) is 0 Å². The first-order valence-corrected chi connectivity index (χ1v) is 7.42. The van der Waals surface area contributed by atoms with E-state index in [0.29, 0.717) is 18.0 Å². The highest BCUT2D eigenvalue weighted by molar-refractivity contribution is 5.92. The lowest BCUT2D eigenvalue weighted by atomic mass is 10.1. The van der Waals surface area contributed by atoms with Crippen LogP contribution in [0.25, 0.3) is 0 Å². The Labute approximate surface area is 136 Å². The number of ether oxygens (including phenoxy) is 2. The van der Waals surface area contributed by atoms with Gasteiger partial charge in [0.15, 0.2) is 6.61 Å². The Morgan fingerprint density at radius 2 is 2.00 bits per heavy atom. The van der Waals surface area contributed by atoms with Gasteiger partial charge in [0.2, 0.25) is 0 Å². The molecule has 23 heavy (non-hydrogen) atoms. The summed E-state index contributed by atoms with van der Waals surface area (Å²) in [6, 6.07) is 13.1. The number of benzene rings is 2. The number of hydrogen-bond donors (Lipinski definition) is 1. The third-order valence-corrected chi connectivity index (χ3v) is 3.19. The molecule has 0 aromatic heterocycles. The maximum atomic E-state index is 12.0. The van der Waals surface area contributed by atoms with E-state index in [-0.39, 0.29) is 12.5 Å². The van der Waals surface area contributed by atoms with Crippen LogP contribution >= 0.6 is 0 Å². The van der Waals surface area contributed by atoms with Crippen LogP contribution in [0.1, 0.15) is 11.1 Å². The number of rotatable bonds is 7. The van der Waals surface area contributed by atoms with E-state index in [1.54, 1.807) is 18.2 Å². The quantitative estimate of drug-likeness (QED) is 0.789. The van der Waals surface area contributed by atoms with E-state index < -0.39 is 0 Å². The SMILES string of the molecule is C=CCOc1cccc(NC(=O)COc2cc(C)ccc2C)c1. The van der Waals surface area contributed by atoms with Crippen LogP contribution in [0.15, 0.2) is 55.1 Å². The van der Waals surface area contributed by atoms with Gasteiger partial charge in [-0.05, 0) is 43.2 Å². The molecule has 4 heteroatoms. The Bertz CT molecular complexity index is 695. The smallest absolute Gasteiger partial charge is 0.262 e. The van der Waals surface area contributed by atoms with Crippen LogP contribution < -0.4 is 14.8 Å². The van der Waals surface area contributed by atoms with E-state index in [9.17, 15) is 4.79 Å². The van der Waals surface area contributed by atoms with Crippen molar-refractivity contribution in [3.05, 3.63) is 66.2 Å². The zero-order valence-corrected chi connectivity index (χ0v) is 13.5. The van der Waals surface area contributed by atoms with Crippen molar-refractivity contribution in [1.82, 2.24) is 0 Å². The molecule has 1 amide bonds. The van der Waals surface area contributed by atoms with Crippen LogP contribution in [0.5, 0.6) is 11.5 Å². The van der Waals surface area contributed by atoms with Gasteiger partial charge >= 0.3 is 0 Å². The highest BCUT2D eigenvalue weighted by Crippen LogP contribution is 2.20. The zero-order valence-electron chi connectivity index (χ0n) is 13.5. The Morgan fingerprint density at radius 1 is 1.17 bits per heavy atom. The van der Waals surface area contributed by atoms with E-state index in [1.807, 2.05) is 44.2 Å². The van der Waals surface area contributed by atoms with Crippen LogP contribution in [0, 0.1) is 13.8 Å². The van der Waals surface area contributed by atoms with E-state index >= 15 is 0 Å². The molecule has 0 heterocycles. The molecule has 1 N–H and O–H groups in total. The molecule has 0 unspecified atom stereocenters. The number of anilines is 1. The Hall–Kier alpha value is -2.75. The molecule has 2 aromatic rings. The van der Waals surface area contributed by atoms with Crippen molar-refractivity contribution < 1.29 is 14.3 Å². The number of carbonyl (C=O) groups excluding carboxylic acids is 1. The topological polar surface area (TPSA) is 47.6 Å². The molecule has 0 aliphatic rings. The van der Waals surface area contributed by atoms with Gasteiger partial charge in [0.05, 0.1) is 0 Å². The van der Waals surface area contributed by atoms with Crippen LogP contribution in [-0.2, 0) is 4.79 Å². The minimum Gasteiger partial charge on any atom is -0.489 e. The number of amides is 1. The summed E-state index contributed by atoms with van der Waals surface area (Å²) in [4.78, 5) is 12.0. The average molecular weight is 311 g/mol. The lowest BCUT2D eigenvalue weighted by Gasteiger charge is -2.11. The average Bonchev–Trinajstić information content (AvgIpc) is 2.54. The molecule has 120 valence electrons. The second-order valence-electron chi connectivity index (χ2n) is 5.23. The van der Waals surface area contributed by atoms with Gasteiger partial charge < -0.3 is 14.8 Å². The number of nitrogens with one attached hydrogen (secondary N) is 1. The second kappa shape index (κ2) is 8.03. The van der Waals surface area contributed by atoms with Gasteiger partial charge in [0, 0.05) is 11.8 Å². The van der Waals surface area contributed by atoms with Gasteiger partial charge in [-0.15, -0.1) is 0 Å². The molecular formula is C19H21NO3. The molecule has 0 saturated heterocycles. The monoisotopic (exact) mass is 311 g/mol. The summed E-state index contributed by atoms with van der Waals surface area (Å²) in [5.41, 5.74) is 2.77. The molecular weight excluding hydrogens is 290 g/mol. The summed E-state index contributed by atoms with van der Waals surface area (Å²) in [5, 5.41) is 2.79. The molecule has 0 atom stereocenters. The molecule has 2 rings (SSSR count). The molecule has 0 aliphatic carbocycles. The largest absolute Gasteiger partial charge is 0.489 e. The molecule has 0 bridgehead atoms. The fourth-order valence-corrected chi connectivity index (χ4v) is 2.02. The van der Waals surface area contributed by atoms with Crippen LogP contribution in [0.4, 0.5) is 5.69 Å². The van der Waals surface area contributed by atoms with Crippen LogP contribution in [0.2, 0.25) is 0 Å². The van der Waals surface area contributed by atoms with Gasteiger partial charge in [0.25, 0.3) is 5.91 Å². The van der Waals surface area contributed by atoms with Crippen molar-refractivity contribution >= 4 is 11.6 Å². The third-order valence-electron chi connectivity index (χ3n) is 3.19. The number of hydrogen-bond acceptors (Lipinski definition) is 3. The van der Waals surface area contributed by atoms with E-state index in [2.05, 4.69) is 11.9 Å². The highest BCUT2D eigenvalue weighted by Gasteiger charge is 2.06. The summed E-state index contributed by atoms with van der Waals surface area (Å²) in [7, 11) is 0. The highest BCUT2D eigenvalue weighted by atomic mass is 16.5. The first-order chi connectivity index (χ1) is 11.1. The van der Waals surface area contributed by atoms with E-state index in [0.717, 1.165) is 16.9 Å². The van der Waals surface area contributed by atoms with Crippen LogP contribution in [-0.4, -0.2) is 19.1 Å². The molecule has 0 spiro atoms. The predicted octanol–water partition coefficient (Wildman–Crippen LogP) is 3.89. The van der Waals surface area contributed by atoms with Gasteiger partial charge in [0.1, 0.15) is 18.1 Å². The zero-order chi connectivity index (χ0) is 16.7. The van der Waals surface area contributed by atoms with Gasteiger partial charge in [-0.3, -0.25) is 4.79 Å². The number of carbonyl (C=O) groups is 1. The summed E-state index contributed by atoms with van der Waals surface area (Å²) < 4.78 is 11.0. The lowest BCUT2D eigenvalue weighted by Crippen LogP contribution is -2.20. The summed E-state index contributed by atoms with van der Waals surface area (Å²) in [6.07, 6.45) is 1.67. The van der Waals surface area contributed by atoms with Gasteiger partial charge in [-0.2, -0.15) is 0 Å². The van der Waals surface area contributed by atoms with Crippen molar-refractivity contribution in [2.75, 3.05) is 18.5 Å². The van der Waals surface area contributed by atoms with Gasteiger partial charge in [-0.1, -0.05) is 30.9 Å². The third kappa shape index (κ3) is 5.18. The Balaban J connectivity index is 1.92. The van der Waals surface area contributed by atoms with Crippen molar-refractivity contribution in [1.29, 1.82) is 0 Å². The standard InChI is InChI=1S/C19H21NO3/c1-4-10-22-17-7-5-6-16(12-17)20-19(21)13-23-18-11-14(2)8-9-15(18)3/h4-9,11-12H,1,10,13H2,2-3H3,(H,20,21). The minimum atomic E-state index is -0.216. The molecule has 0 saturated carbocycles. The normalized spacial score (nSPS) is 10.0. The molecule has 2 aromatic carbocycles. The van der Waals surface area contributed by atoms with E-state index in [4.69, 9.17) is 9.47 Å².